The van der Waals surface area contributed by atoms with Gasteiger partial charge >= 0.3 is 0 Å². The van der Waals surface area contributed by atoms with Gasteiger partial charge in [-0.05, 0) is 37.9 Å². The van der Waals surface area contributed by atoms with Gasteiger partial charge in [-0.25, -0.2) is 9.97 Å². The highest BCUT2D eigenvalue weighted by molar-refractivity contribution is 5.94. The van der Waals surface area contributed by atoms with Gasteiger partial charge in [-0.2, -0.15) is 0 Å². The van der Waals surface area contributed by atoms with Gasteiger partial charge in [-0.3, -0.25) is 19.5 Å². The van der Waals surface area contributed by atoms with E-state index in [1.54, 1.807) is 4.90 Å². The summed E-state index contributed by atoms with van der Waals surface area (Å²) in [6.45, 7) is 5.67. The van der Waals surface area contributed by atoms with Crippen LogP contribution >= 0.6 is 0 Å². The van der Waals surface area contributed by atoms with Gasteiger partial charge in [-0.15, -0.1) is 0 Å². The van der Waals surface area contributed by atoms with E-state index in [1.807, 2.05) is 23.1 Å². The SMILES string of the molecule is O=C1CCCN1c1cccc(-c2c(CN[C@@H]3CCCNC3)nc(N3CCOCC3)[nH]c2=O)n1. The second kappa shape index (κ2) is 9.98. The highest BCUT2D eigenvalue weighted by atomic mass is 16.5. The standard InChI is InChI=1S/C23H31N7O3/c31-20-7-3-9-30(20)19-6-1-5-17(26-19)21-18(15-25-16-4-2-8-24-14-16)27-23(28-22(21)32)29-10-12-33-13-11-29/h1,5-6,16,24-25H,2-4,7-15H2,(H,27,28,32)/t16-/m1/s1. The van der Waals surface area contributed by atoms with Crippen molar-refractivity contribution in [2.45, 2.75) is 38.3 Å². The molecule has 0 unspecified atom stereocenters. The molecule has 0 bridgehead atoms. The van der Waals surface area contributed by atoms with E-state index in [0.29, 0.717) is 80.6 Å². The van der Waals surface area contributed by atoms with Crippen LogP contribution in [0.25, 0.3) is 11.3 Å². The molecule has 0 saturated carbocycles. The predicted octanol–water partition coefficient (Wildman–Crippen LogP) is 0.637. The van der Waals surface area contributed by atoms with E-state index in [0.717, 1.165) is 32.4 Å². The second-order valence-electron chi connectivity index (χ2n) is 8.76. The van der Waals surface area contributed by atoms with Crippen molar-refractivity contribution in [2.24, 2.45) is 0 Å². The lowest BCUT2D eigenvalue weighted by molar-refractivity contribution is -0.117. The molecule has 0 aromatic carbocycles. The summed E-state index contributed by atoms with van der Waals surface area (Å²) in [5.74, 6) is 1.22. The fraction of sp³-hybridized carbons (Fsp3) is 0.565. The van der Waals surface area contributed by atoms with Crippen molar-refractivity contribution >= 4 is 17.7 Å². The fourth-order valence-electron chi connectivity index (χ4n) is 4.69. The Morgan fingerprint density at radius 1 is 1.12 bits per heavy atom. The molecule has 5 heterocycles. The second-order valence-corrected chi connectivity index (χ2v) is 8.76. The number of nitrogens with one attached hydrogen (secondary N) is 3. The van der Waals surface area contributed by atoms with E-state index in [1.165, 1.54) is 0 Å². The summed E-state index contributed by atoms with van der Waals surface area (Å²) in [4.78, 5) is 41.8. The van der Waals surface area contributed by atoms with E-state index in [-0.39, 0.29) is 11.5 Å². The summed E-state index contributed by atoms with van der Waals surface area (Å²) in [6.07, 6.45) is 3.57. The molecule has 1 amide bonds. The smallest absolute Gasteiger partial charge is 0.262 e. The predicted molar refractivity (Wildman–Crippen MR) is 125 cm³/mol. The average Bonchev–Trinajstić information content (AvgIpc) is 3.29. The number of pyridine rings is 1. The zero-order valence-electron chi connectivity index (χ0n) is 18.8. The largest absolute Gasteiger partial charge is 0.378 e. The van der Waals surface area contributed by atoms with Crippen LogP contribution in [0.2, 0.25) is 0 Å². The lowest BCUT2D eigenvalue weighted by atomic mass is 10.1. The first kappa shape index (κ1) is 22.0. The van der Waals surface area contributed by atoms with Crippen molar-refractivity contribution in [2.75, 3.05) is 55.7 Å². The van der Waals surface area contributed by atoms with E-state index < -0.39 is 0 Å². The summed E-state index contributed by atoms with van der Waals surface area (Å²) in [7, 11) is 0. The van der Waals surface area contributed by atoms with Crippen molar-refractivity contribution in [3.8, 4) is 11.3 Å². The van der Waals surface area contributed by atoms with Gasteiger partial charge in [0, 0.05) is 45.2 Å². The van der Waals surface area contributed by atoms with Crippen LogP contribution in [0, 0.1) is 0 Å². The number of H-pyrrole nitrogens is 1. The minimum absolute atomic E-state index is 0.0704. The van der Waals surface area contributed by atoms with Crippen LogP contribution in [-0.2, 0) is 16.1 Å². The molecule has 3 N–H and O–H groups in total. The van der Waals surface area contributed by atoms with E-state index in [4.69, 9.17) is 14.7 Å². The molecule has 10 heteroatoms. The summed E-state index contributed by atoms with van der Waals surface area (Å²) in [5.41, 5.74) is 1.44. The van der Waals surface area contributed by atoms with Crippen LogP contribution < -0.4 is 26.0 Å². The van der Waals surface area contributed by atoms with Gasteiger partial charge in [0.2, 0.25) is 11.9 Å². The monoisotopic (exact) mass is 453 g/mol. The van der Waals surface area contributed by atoms with Gasteiger partial charge in [0.25, 0.3) is 5.56 Å². The molecule has 3 fully saturated rings. The molecule has 0 aliphatic carbocycles. The van der Waals surface area contributed by atoms with Gasteiger partial charge in [-0.1, -0.05) is 6.07 Å². The number of piperidine rings is 1. The van der Waals surface area contributed by atoms with Crippen molar-refractivity contribution in [1.82, 2.24) is 25.6 Å². The van der Waals surface area contributed by atoms with E-state index in [2.05, 4.69) is 15.6 Å². The maximum atomic E-state index is 13.3. The zero-order valence-corrected chi connectivity index (χ0v) is 18.8. The number of aromatic nitrogens is 3. The highest BCUT2D eigenvalue weighted by Crippen LogP contribution is 2.25. The van der Waals surface area contributed by atoms with Crippen molar-refractivity contribution in [3.05, 3.63) is 34.2 Å². The molecular weight excluding hydrogens is 422 g/mol. The number of hydrogen-bond acceptors (Lipinski definition) is 8. The molecule has 0 radical (unpaired) electrons. The lowest BCUT2D eigenvalue weighted by Gasteiger charge is -2.28. The third-order valence-corrected chi connectivity index (χ3v) is 6.49. The third-order valence-electron chi connectivity index (χ3n) is 6.49. The van der Waals surface area contributed by atoms with Crippen LogP contribution in [0.4, 0.5) is 11.8 Å². The minimum Gasteiger partial charge on any atom is -0.378 e. The molecule has 176 valence electrons. The molecule has 3 saturated heterocycles. The summed E-state index contributed by atoms with van der Waals surface area (Å²) >= 11 is 0. The molecular formula is C23H31N7O3. The Morgan fingerprint density at radius 3 is 2.76 bits per heavy atom. The molecule has 33 heavy (non-hydrogen) atoms. The quantitative estimate of drug-likeness (QED) is 0.584. The third kappa shape index (κ3) is 4.92. The molecule has 10 nitrogen and oxygen atoms in total. The molecule has 0 spiro atoms. The Hall–Kier alpha value is -2.82. The van der Waals surface area contributed by atoms with E-state index in [9.17, 15) is 9.59 Å². The van der Waals surface area contributed by atoms with Crippen molar-refractivity contribution in [1.29, 1.82) is 0 Å². The summed E-state index contributed by atoms with van der Waals surface area (Å²) < 4.78 is 5.45. The van der Waals surface area contributed by atoms with Crippen molar-refractivity contribution < 1.29 is 9.53 Å². The molecule has 1 atom stereocenters. The number of carbonyl (C=O) groups is 1. The number of rotatable bonds is 6. The number of ether oxygens (including phenoxy) is 1. The van der Waals surface area contributed by atoms with Crippen molar-refractivity contribution in [3.63, 3.8) is 0 Å². The first-order valence-corrected chi connectivity index (χ1v) is 11.9. The van der Waals surface area contributed by atoms with Crippen LogP contribution in [0.5, 0.6) is 0 Å². The number of amides is 1. The maximum Gasteiger partial charge on any atom is 0.262 e. The number of carbonyl (C=O) groups excluding carboxylic acids is 1. The number of nitrogens with zero attached hydrogens (tertiary/aromatic N) is 4. The molecule has 2 aromatic rings. The Morgan fingerprint density at radius 2 is 2.00 bits per heavy atom. The normalized spacial score (nSPS) is 21.6. The van der Waals surface area contributed by atoms with Gasteiger partial charge in [0.1, 0.15) is 5.82 Å². The Balaban J connectivity index is 1.49. The topological polar surface area (TPSA) is 115 Å². The Bertz CT molecular complexity index is 1040. The summed E-state index contributed by atoms with van der Waals surface area (Å²) in [5, 5.41) is 6.98. The molecule has 5 rings (SSSR count). The maximum absolute atomic E-state index is 13.3. The average molecular weight is 454 g/mol. The van der Waals surface area contributed by atoms with E-state index >= 15 is 0 Å². The van der Waals surface area contributed by atoms with Crippen LogP contribution in [0.3, 0.4) is 0 Å². The molecule has 3 aliphatic heterocycles. The minimum atomic E-state index is -0.220. The first-order valence-electron chi connectivity index (χ1n) is 11.9. The number of hydrogen-bond donors (Lipinski definition) is 3. The van der Waals surface area contributed by atoms with Gasteiger partial charge in [0.05, 0.1) is 30.2 Å². The lowest BCUT2D eigenvalue weighted by Crippen LogP contribution is -2.43. The zero-order chi connectivity index (χ0) is 22.6. The fourth-order valence-corrected chi connectivity index (χ4v) is 4.69. The first-order chi connectivity index (χ1) is 16.2. The molecule has 2 aromatic heterocycles. The van der Waals surface area contributed by atoms with Crippen LogP contribution in [0.15, 0.2) is 23.0 Å². The number of aromatic amines is 1. The summed E-state index contributed by atoms with van der Waals surface area (Å²) in [6, 6.07) is 5.82. The van der Waals surface area contributed by atoms with Crippen LogP contribution in [0.1, 0.15) is 31.4 Å². The van der Waals surface area contributed by atoms with Crippen LogP contribution in [-0.4, -0.2) is 72.8 Å². The Labute approximate surface area is 192 Å². The van der Waals surface area contributed by atoms with Gasteiger partial charge < -0.3 is 20.3 Å². The molecule has 3 aliphatic rings. The highest BCUT2D eigenvalue weighted by Gasteiger charge is 2.25. The van der Waals surface area contributed by atoms with Gasteiger partial charge in [0.15, 0.2) is 0 Å². The number of anilines is 2. The Kier molecular flexibility index (Phi) is 6.65. The number of morpholine rings is 1.